The van der Waals surface area contributed by atoms with Crippen LogP contribution in [0.1, 0.15) is 92.8 Å². The summed E-state index contributed by atoms with van der Waals surface area (Å²) in [4.78, 5) is 26.7. The lowest BCUT2D eigenvalue weighted by Gasteiger charge is -2.32. The number of ether oxygens (including phenoxy) is 1. The fraction of sp³-hybridized carbons (Fsp3) is 0.429. The van der Waals surface area contributed by atoms with Crippen LogP contribution in [0.25, 0.3) is 0 Å². The molecule has 0 bridgehead atoms. The summed E-state index contributed by atoms with van der Waals surface area (Å²) in [5, 5.41) is 3.02. The minimum atomic E-state index is -0.450. The van der Waals surface area contributed by atoms with Gasteiger partial charge in [0.1, 0.15) is 17.7 Å². The second-order valence-electron chi connectivity index (χ2n) is 11.4. The number of nitrogens with one attached hydrogen (secondary N) is 1. The van der Waals surface area contributed by atoms with Gasteiger partial charge in [-0.15, -0.1) is 0 Å². The first-order chi connectivity index (χ1) is 19.8. The molecule has 4 rings (SSSR count). The van der Waals surface area contributed by atoms with E-state index >= 15 is 0 Å². The van der Waals surface area contributed by atoms with Crippen LogP contribution in [0.5, 0.6) is 5.75 Å². The van der Waals surface area contributed by atoms with Crippen molar-refractivity contribution < 1.29 is 18.7 Å². The molecule has 0 aromatic heterocycles. The van der Waals surface area contributed by atoms with Crippen molar-refractivity contribution in [2.75, 3.05) is 25.0 Å². The Morgan fingerprint density at radius 3 is 2.41 bits per heavy atom. The minimum absolute atomic E-state index is 0.0386. The Kier molecular flexibility index (Phi) is 11.1. The van der Waals surface area contributed by atoms with Gasteiger partial charge in [0.2, 0.25) is 5.91 Å². The molecule has 1 amide bonds. The number of ketones is 1. The maximum absolute atomic E-state index is 14.7. The second-order valence-corrected chi connectivity index (χ2v) is 11.4. The zero-order valence-corrected chi connectivity index (χ0v) is 24.6. The Morgan fingerprint density at radius 2 is 1.68 bits per heavy atom. The molecular weight excluding hydrogens is 515 g/mol. The highest BCUT2D eigenvalue weighted by Gasteiger charge is 2.22. The largest absolute Gasteiger partial charge is 0.485 e. The van der Waals surface area contributed by atoms with Gasteiger partial charge in [-0.05, 0) is 100 Å². The van der Waals surface area contributed by atoms with Crippen molar-refractivity contribution >= 4 is 17.4 Å². The van der Waals surface area contributed by atoms with Gasteiger partial charge in [-0.2, -0.15) is 0 Å². The Hall–Kier alpha value is -3.51. The van der Waals surface area contributed by atoms with Crippen LogP contribution in [0.15, 0.2) is 72.8 Å². The van der Waals surface area contributed by atoms with Crippen LogP contribution in [-0.2, 0) is 4.79 Å². The van der Waals surface area contributed by atoms with Crippen molar-refractivity contribution in [3.63, 3.8) is 0 Å². The molecule has 1 aliphatic heterocycles. The van der Waals surface area contributed by atoms with Crippen LogP contribution in [0.3, 0.4) is 0 Å². The first kappa shape index (κ1) is 30.4. The lowest BCUT2D eigenvalue weighted by atomic mass is 9.89. The molecule has 1 heterocycles. The first-order valence-corrected chi connectivity index (χ1v) is 15.0. The summed E-state index contributed by atoms with van der Waals surface area (Å²) in [6, 6.07) is 22.2. The highest BCUT2D eigenvalue weighted by molar-refractivity contribution is 5.96. The SMILES string of the molecule is CC(=O)c1ccccc1OC(CCCCCN1CCC(c2cccc(NC(=O)C(C)C)c2)CC1)c1ccccc1F. The van der Waals surface area contributed by atoms with Crippen molar-refractivity contribution in [3.8, 4) is 5.75 Å². The average molecular weight is 559 g/mol. The maximum atomic E-state index is 14.7. The van der Waals surface area contributed by atoms with E-state index in [0.29, 0.717) is 29.2 Å². The number of benzene rings is 3. The Morgan fingerprint density at radius 1 is 0.951 bits per heavy atom. The summed E-state index contributed by atoms with van der Waals surface area (Å²) < 4.78 is 21.0. The minimum Gasteiger partial charge on any atom is -0.485 e. The van der Waals surface area contributed by atoms with Crippen LogP contribution < -0.4 is 10.1 Å². The number of anilines is 1. The molecule has 0 saturated carbocycles. The van der Waals surface area contributed by atoms with Gasteiger partial charge in [0.25, 0.3) is 0 Å². The van der Waals surface area contributed by atoms with E-state index in [1.165, 1.54) is 18.6 Å². The quantitative estimate of drug-likeness (QED) is 0.170. The number of hydrogen-bond donors (Lipinski definition) is 1. The molecule has 0 spiro atoms. The molecule has 3 aromatic rings. The number of amides is 1. The van der Waals surface area contributed by atoms with E-state index in [4.69, 9.17) is 4.74 Å². The second kappa shape index (κ2) is 14.9. The van der Waals surface area contributed by atoms with E-state index in [1.54, 1.807) is 24.3 Å². The van der Waals surface area contributed by atoms with Crippen LogP contribution in [0.4, 0.5) is 10.1 Å². The van der Waals surface area contributed by atoms with Crippen LogP contribution in [-0.4, -0.2) is 36.2 Å². The van der Waals surface area contributed by atoms with Gasteiger partial charge < -0.3 is 15.0 Å². The number of unbranched alkanes of at least 4 members (excludes halogenated alkanes) is 2. The third-order valence-corrected chi connectivity index (χ3v) is 7.97. The van der Waals surface area contributed by atoms with E-state index in [1.807, 2.05) is 44.2 Å². The summed E-state index contributed by atoms with van der Waals surface area (Å²) in [5.41, 5.74) is 3.23. The van der Waals surface area contributed by atoms with Gasteiger partial charge in [0.15, 0.2) is 5.78 Å². The van der Waals surface area contributed by atoms with Gasteiger partial charge in [0, 0.05) is 17.2 Å². The standard InChI is InChI=1S/C35H43FN2O3/c1-25(2)35(40)37-29-13-11-12-28(24-29)27-19-22-38(23-20-27)21-10-4-5-17-34(31-15-6-8-16-32(31)36)41-33-18-9-7-14-30(33)26(3)39/h6-9,11-16,18,24-25,27,34H,4-5,10,17,19-23H2,1-3H3,(H,37,40). The van der Waals surface area contributed by atoms with Gasteiger partial charge in [0.05, 0.1) is 5.56 Å². The Balaban J connectivity index is 1.24. The van der Waals surface area contributed by atoms with Crippen LogP contribution in [0, 0.1) is 11.7 Å². The summed E-state index contributed by atoms with van der Waals surface area (Å²) in [6.07, 6.45) is 5.47. The Bertz CT molecular complexity index is 1300. The number of hydrogen-bond acceptors (Lipinski definition) is 4. The molecule has 1 unspecified atom stereocenters. The number of rotatable bonds is 13. The molecule has 1 N–H and O–H groups in total. The lowest BCUT2D eigenvalue weighted by Crippen LogP contribution is -2.33. The molecule has 3 aromatic carbocycles. The number of likely N-dealkylation sites (tertiary alicyclic amines) is 1. The number of Topliss-reactive ketones (excluding diaryl/α,β-unsaturated/α-hetero) is 1. The summed E-state index contributed by atoms with van der Waals surface area (Å²) in [5.74, 6) is 0.673. The molecule has 6 heteroatoms. The average Bonchev–Trinajstić information content (AvgIpc) is 2.97. The molecule has 5 nitrogen and oxygen atoms in total. The topological polar surface area (TPSA) is 58.6 Å². The highest BCUT2D eigenvalue weighted by atomic mass is 19.1. The van der Waals surface area contributed by atoms with Crippen molar-refractivity contribution in [2.45, 2.75) is 71.3 Å². The number of carbonyl (C=O) groups excluding carboxylic acids is 2. The molecule has 0 radical (unpaired) electrons. The smallest absolute Gasteiger partial charge is 0.226 e. The molecule has 1 fully saturated rings. The van der Waals surface area contributed by atoms with Crippen molar-refractivity contribution in [1.29, 1.82) is 0 Å². The zero-order valence-electron chi connectivity index (χ0n) is 24.6. The molecule has 41 heavy (non-hydrogen) atoms. The lowest BCUT2D eigenvalue weighted by molar-refractivity contribution is -0.118. The number of carbonyl (C=O) groups is 2. The van der Waals surface area contributed by atoms with Crippen molar-refractivity contribution in [2.24, 2.45) is 5.92 Å². The van der Waals surface area contributed by atoms with Gasteiger partial charge in [-0.1, -0.05) is 62.7 Å². The fourth-order valence-electron chi connectivity index (χ4n) is 5.52. The molecule has 0 aliphatic carbocycles. The number of piperidine rings is 1. The molecule has 1 aliphatic rings. The number of halogens is 1. The third kappa shape index (κ3) is 8.74. The van der Waals surface area contributed by atoms with E-state index in [0.717, 1.165) is 57.4 Å². The van der Waals surface area contributed by atoms with E-state index < -0.39 is 6.10 Å². The van der Waals surface area contributed by atoms with Gasteiger partial charge in [-0.3, -0.25) is 9.59 Å². The number of para-hydroxylation sites is 1. The fourth-order valence-corrected chi connectivity index (χ4v) is 5.52. The molecule has 218 valence electrons. The van der Waals surface area contributed by atoms with E-state index in [-0.39, 0.29) is 23.4 Å². The summed E-state index contributed by atoms with van der Waals surface area (Å²) in [7, 11) is 0. The summed E-state index contributed by atoms with van der Waals surface area (Å²) >= 11 is 0. The van der Waals surface area contributed by atoms with Crippen LogP contribution in [0.2, 0.25) is 0 Å². The monoisotopic (exact) mass is 558 g/mol. The molecular formula is C35H43FN2O3. The molecule has 1 saturated heterocycles. The van der Waals surface area contributed by atoms with E-state index in [2.05, 4.69) is 22.3 Å². The predicted molar refractivity (Wildman–Crippen MR) is 163 cm³/mol. The normalized spacial score (nSPS) is 15.0. The van der Waals surface area contributed by atoms with Gasteiger partial charge >= 0.3 is 0 Å². The molecule has 1 atom stereocenters. The van der Waals surface area contributed by atoms with Crippen molar-refractivity contribution in [1.82, 2.24) is 4.90 Å². The summed E-state index contributed by atoms with van der Waals surface area (Å²) in [6.45, 7) is 8.51. The van der Waals surface area contributed by atoms with Crippen LogP contribution >= 0.6 is 0 Å². The highest BCUT2D eigenvalue weighted by Crippen LogP contribution is 2.32. The van der Waals surface area contributed by atoms with E-state index in [9.17, 15) is 14.0 Å². The maximum Gasteiger partial charge on any atom is 0.226 e. The van der Waals surface area contributed by atoms with Crippen molar-refractivity contribution in [3.05, 3.63) is 95.3 Å². The first-order valence-electron chi connectivity index (χ1n) is 15.0. The Labute approximate surface area is 244 Å². The third-order valence-electron chi connectivity index (χ3n) is 7.97. The van der Waals surface area contributed by atoms with Gasteiger partial charge in [-0.25, -0.2) is 4.39 Å². The number of nitrogens with zero attached hydrogens (tertiary/aromatic N) is 1. The zero-order chi connectivity index (χ0) is 29.2. The predicted octanol–water partition coefficient (Wildman–Crippen LogP) is 8.18.